The summed E-state index contributed by atoms with van der Waals surface area (Å²) in [6.45, 7) is -0.0490. The van der Waals surface area contributed by atoms with Gasteiger partial charge in [0.2, 0.25) is 0 Å². The third-order valence-electron chi connectivity index (χ3n) is 4.48. The van der Waals surface area contributed by atoms with Gasteiger partial charge < -0.3 is 10.1 Å². The number of hydrogen-bond acceptors (Lipinski definition) is 4. The van der Waals surface area contributed by atoms with Crippen LogP contribution < -0.4 is 5.32 Å². The zero-order valence-electron chi connectivity index (χ0n) is 16.4. The summed E-state index contributed by atoms with van der Waals surface area (Å²) in [7, 11) is 0. The monoisotopic (exact) mass is 455 g/mol. The van der Waals surface area contributed by atoms with Gasteiger partial charge in [0, 0.05) is 27.7 Å². The minimum atomic E-state index is -0.745. The molecule has 0 atom stereocenters. The molecule has 3 rings (SSSR count). The number of hydrogen-bond donors (Lipinski definition) is 1. The van der Waals surface area contributed by atoms with Crippen LogP contribution in [0.5, 0.6) is 0 Å². The van der Waals surface area contributed by atoms with E-state index in [1.807, 2.05) is 12.1 Å². The Morgan fingerprint density at radius 1 is 0.774 bits per heavy atom. The van der Waals surface area contributed by atoms with Crippen molar-refractivity contribution in [1.82, 2.24) is 5.32 Å². The summed E-state index contributed by atoms with van der Waals surface area (Å²) in [6.07, 6.45) is 0.620. The Morgan fingerprint density at radius 2 is 1.35 bits per heavy atom. The SMILES string of the molecule is O=C(COC(=O)c1ccccc1C(=O)c1ccc(Cl)cc1)NCCc1ccc(Cl)cc1. The van der Waals surface area contributed by atoms with Gasteiger partial charge >= 0.3 is 5.97 Å². The smallest absolute Gasteiger partial charge is 0.339 e. The van der Waals surface area contributed by atoms with E-state index in [-0.39, 0.29) is 16.9 Å². The van der Waals surface area contributed by atoms with Crippen LogP contribution in [0.3, 0.4) is 0 Å². The maximum atomic E-state index is 12.8. The van der Waals surface area contributed by atoms with Crippen molar-refractivity contribution in [1.29, 1.82) is 0 Å². The van der Waals surface area contributed by atoms with Crippen LogP contribution in [0.1, 0.15) is 31.8 Å². The lowest BCUT2D eigenvalue weighted by Gasteiger charge is -2.10. The van der Waals surface area contributed by atoms with Gasteiger partial charge in [-0.25, -0.2) is 4.79 Å². The lowest BCUT2D eigenvalue weighted by Crippen LogP contribution is -2.30. The maximum Gasteiger partial charge on any atom is 0.339 e. The molecule has 0 fully saturated rings. The van der Waals surface area contributed by atoms with Crippen LogP contribution in [-0.2, 0) is 16.0 Å². The largest absolute Gasteiger partial charge is 0.452 e. The Labute approximate surface area is 189 Å². The van der Waals surface area contributed by atoms with Crippen molar-refractivity contribution >= 4 is 40.9 Å². The second-order valence-electron chi connectivity index (χ2n) is 6.68. The molecule has 0 radical (unpaired) electrons. The number of ketones is 1. The molecule has 1 N–H and O–H groups in total. The lowest BCUT2D eigenvalue weighted by atomic mass is 9.98. The van der Waals surface area contributed by atoms with E-state index in [0.29, 0.717) is 28.6 Å². The van der Waals surface area contributed by atoms with Crippen molar-refractivity contribution in [3.8, 4) is 0 Å². The topological polar surface area (TPSA) is 72.5 Å². The number of rotatable bonds is 8. The zero-order chi connectivity index (χ0) is 22.2. The Bertz CT molecular complexity index is 1080. The maximum absolute atomic E-state index is 12.8. The van der Waals surface area contributed by atoms with Crippen molar-refractivity contribution in [3.05, 3.63) is 105 Å². The van der Waals surface area contributed by atoms with Gasteiger partial charge in [0.05, 0.1) is 5.56 Å². The first kappa shape index (κ1) is 22.5. The summed E-state index contributed by atoms with van der Waals surface area (Å²) in [6, 6.07) is 20.0. The molecular weight excluding hydrogens is 437 g/mol. The molecule has 0 spiro atoms. The highest BCUT2D eigenvalue weighted by Crippen LogP contribution is 2.18. The van der Waals surface area contributed by atoms with E-state index in [2.05, 4.69) is 5.32 Å². The fourth-order valence-electron chi connectivity index (χ4n) is 2.87. The number of benzene rings is 3. The van der Waals surface area contributed by atoms with Crippen LogP contribution in [0.4, 0.5) is 0 Å². The molecule has 0 bridgehead atoms. The van der Waals surface area contributed by atoms with E-state index in [1.165, 1.54) is 6.07 Å². The molecule has 0 unspecified atom stereocenters. The molecule has 5 nitrogen and oxygen atoms in total. The van der Waals surface area contributed by atoms with E-state index in [1.54, 1.807) is 54.6 Å². The second-order valence-corrected chi connectivity index (χ2v) is 7.56. The second kappa shape index (κ2) is 10.8. The van der Waals surface area contributed by atoms with Crippen LogP contribution in [0.25, 0.3) is 0 Å². The van der Waals surface area contributed by atoms with Crippen LogP contribution in [-0.4, -0.2) is 30.8 Å². The Balaban J connectivity index is 1.55. The van der Waals surface area contributed by atoms with Crippen LogP contribution in [0.2, 0.25) is 10.0 Å². The molecule has 1 amide bonds. The Morgan fingerprint density at radius 3 is 2.00 bits per heavy atom. The number of nitrogens with one attached hydrogen (secondary N) is 1. The van der Waals surface area contributed by atoms with Crippen molar-refractivity contribution in [2.45, 2.75) is 6.42 Å². The fraction of sp³-hybridized carbons (Fsp3) is 0.125. The van der Waals surface area contributed by atoms with Crippen molar-refractivity contribution in [2.24, 2.45) is 0 Å². The molecule has 0 saturated carbocycles. The van der Waals surface area contributed by atoms with E-state index in [4.69, 9.17) is 27.9 Å². The van der Waals surface area contributed by atoms with Gasteiger partial charge in [-0.3, -0.25) is 9.59 Å². The standard InChI is InChI=1S/C24H19Cl2NO4/c25-18-9-5-16(6-10-18)13-14-27-22(28)15-31-24(30)21-4-2-1-3-20(21)23(29)17-7-11-19(26)12-8-17/h1-12H,13-15H2,(H,27,28). The van der Waals surface area contributed by atoms with Crippen LogP contribution in [0, 0.1) is 0 Å². The molecule has 31 heavy (non-hydrogen) atoms. The summed E-state index contributed by atoms with van der Waals surface area (Å²) >= 11 is 11.7. The first-order valence-electron chi connectivity index (χ1n) is 9.51. The number of carbonyl (C=O) groups excluding carboxylic acids is 3. The molecule has 0 aliphatic heterocycles. The lowest BCUT2D eigenvalue weighted by molar-refractivity contribution is -0.124. The average molecular weight is 456 g/mol. The van der Waals surface area contributed by atoms with Crippen LogP contribution >= 0.6 is 23.2 Å². The van der Waals surface area contributed by atoms with Crippen molar-refractivity contribution < 1.29 is 19.1 Å². The highest BCUT2D eigenvalue weighted by atomic mass is 35.5. The molecule has 0 saturated heterocycles. The van der Waals surface area contributed by atoms with Gasteiger partial charge in [-0.05, 0) is 54.4 Å². The summed E-state index contributed by atoms with van der Waals surface area (Å²) in [4.78, 5) is 37.3. The third kappa shape index (κ3) is 6.41. The number of esters is 1. The molecule has 0 aliphatic carbocycles. The fourth-order valence-corrected chi connectivity index (χ4v) is 3.13. The molecule has 0 aliphatic rings. The van der Waals surface area contributed by atoms with Gasteiger partial charge in [-0.2, -0.15) is 0 Å². The number of carbonyl (C=O) groups is 3. The van der Waals surface area contributed by atoms with Gasteiger partial charge in [-0.15, -0.1) is 0 Å². The van der Waals surface area contributed by atoms with Gasteiger partial charge in [0.15, 0.2) is 12.4 Å². The third-order valence-corrected chi connectivity index (χ3v) is 4.99. The quantitative estimate of drug-likeness (QED) is 0.393. The minimum absolute atomic E-state index is 0.0939. The highest BCUT2D eigenvalue weighted by molar-refractivity contribution is 6.31. The average Bonchev–Trinajstić information content (AvgIpc) is 2.79. The molecule has 7 heteroatoms. The van der Waals surface area contributed by atoms with E-state index < -0.39 is 18.5 Å². The first-order chi connectivity index (χ1) is 14.9. The summed E-state index contributed by atoms with van der Waals surface area (Å²) in [5, 5.41) is 3.85. The highest BCUT2D eigenvalue weighted by Gasteiger charge is 2.19. The Hall–Kier alpha value is -3.15. The van der Waals surface area contributed by atoms with E-state index in [0.717, 1.165) is 5.56 Å². The first-order valence-corrected chi connectivity index (χ1v) is 10.3. The molecule has 3 aromatic rings. The van der Waals surface area contributed by atoms with Gasteiger partial charge in [0.25, 0.3) is 5.91 Å². The predicted octanol–water partition coefficient (Wildman–Crippen LogP) is 4.74. The summed E-state index contributed by atoms with van der Waals surface area (Å²) in [5.41, 5.74) is 1.70. The number of halogens is 2. The normalized spacial score (nSPS) is 10.4. The molecule has 0 aromatic heterocycles. The van der Waals surface area contributed by atoms with Crippen LogP contribution in [0.15, 0.2) is 72.8 Å². The zero-order valence-corrected chi connectivity index (χ0v) is 18.0. The summed E-state index contributed by atoms with van der Waals surface area (Å²) in [5.74, 6) is -1.51. The van der Waals surface area contributed by atoms with Gasteiger partial charge in [0.1, 0.15) is 0 Å². The summed E-state index contributed by atoms with van der Waals surface area (Å²) < 4.78 is 5.11. The van der Waals surface area contributed by atoms with Crippen molar-refractivity contribution in [2.75, 3.05) is 13.2 Å². The van der Waals surface area contributed by atoms with Gasteiger partial charge in [-0.1, -0.05) is 53.5 Å². The Kier molecular flexibility index (Phi) is 7.82. The molecule has 0 heterocycles. The van der Waals surface area contributed by atoms with Crippen molar-refractivity contribution in [3.63, 3.8) is 0 Å². The predicted molar refractivity (Wildman–Crippen MR) is 120 cm³/mol. The molecular formula is C24H19Cl2NO4. The molecule has 158 valence electrons. The minimum Gasteiger partial charge on any atom is -0.452 e. The number of ether oxygens (including phenoxy) is 1. The van der Waals surface area contributed by atoms with E-state index in [9.17, 15) is 14.4 Å². The molecule has 3 aromatic carbocycles. The van der Waals surface area contributed by atoms with E-state index >= 15 is 0 Å². The number of amides is 1.